The van der Waals surface area contributed by atoms with Gasteiger partial charge in [-0.1, -0.05) is 24.3 Å². The second-order valence-corrected chi connectivity index (χ2v) is 5.47. The van der Waals surface area contributed by atoms with E-state index in [0.717, 1.165) is 11.1 Å². The van der Waals surface area contributed by atoms with Gasteiger partial charge in [0.1, 0.15) is 0 Å². The highest BCUT2D eigenvalue weighted by Crippen LogP contribution is 2.29. The fourth-order valence-electron chi connectivity index (χ4n) is 1.64. The van der Waals surface area contributed by atoms with Crippen LogP contribution in [0.5, 0.6) is 0 Å². The molecule has 0 fully saturated rings. The van der Waals surface area contributed by atoms with Gasteiger partial charge in [-0.15, -0.1) is 0 Å². The Morgan fingerprint density at radius 3 is 1.28 bits per heavy atom. The first-order chi connectivity index (χ1) is 8.33. The van der Waals surface area contributed by atoms with Crippen molar-refractivity contribution in [2.45, 2.75) is 38.8 Å². The molecule has 94 valence electrons. The minimum Gasteiger partial charge on any atom is -0.222 e. The Hall–Kier alpha value is -1.18. The number of benzene rings is 1. The topological polar surface area (TPSA) is 24.7 Å². The molecule has 0 saturated heterocycles. The van der Waals surface area contributed by atoms with Gasteiger partial charge in [0, 0.05) is 0 Å². The number of hydrogen-bond donors (Lipinski definition) is 0. The van der Waals surface area contributed by atoms with Gasteiger partial charge >= 0.3 is 0 Å². The predicted molar refractivity (Wildman–Crippen MR) is 82.5 cm³/mol. The minimum atomic E-state index is -0.349. The van der Waals surface area contributed by atoms with Crippen molar-refractivity contribution in [2.24, 2.45) is 9.98 Å². The van der Waals surface area contributed by atoms with Gasteiger partial charge in [-0.25, -0.2) is 9.98 Å². The van der Waals surface area contributed by atoms with E-state index in [9.17, 15) is 0 Å². The molecule has 0 aromatic heterocycles. The molecular weight excluding hydrogens is 260 g/mol. The summed E-state index contributed by atoms with van der Waals surface area (Å²) in [5, 5.41) is 4.88. The van der Waals surface area contributed by atoms with E-state index in [2.05, 4.69) is 44.7 Å². The van der Waals surface area contributed by atoms with Gasteiger partial charge in [0.2, 0.25) is 0 Å². The van der Waals surface area contributed by atoms with Gasteiger partial charge in [-0.05, 0) is 63.3 Å². The number of rotatable bonds is 4. The summed E-state index contributed by atoms with van der Waals surface area (Å²) in [6.07, 6.45) is 0. The molecule has 18 heavy (non-hydrogen) atoms. The zero-order valence-electron chi connectivity index (χ0n) is 11.0. The van der Waals surface area contributed by atoms with Crippen molar-refractivity contribution in [1.29, 1.82) is 0 Å². The normalized spacial score (nSPS) is 11.3. The summed E-state index contributed by atoms with van der Waals surface area (Å²) >= 11 is 9.34. The summed E-state index contributed by atoms with van der Waals surface area (Å²) < 4.78 is 0. The summed E-state index contributed by atoms with van der Waals surface area (Å²) in [5.41, 5.74) is 1.48. The van der Waals surface area contributed by atoms with Crippen LogP contribution in [-0.4, -0.2) is 10.3 Å². The van der Waals surface area contributed by atoms with Crippen LogP contribution in [0.15, 0.2) is 34.3 Å². The van der Waals surface area contributed by atoms with Gasteiger partial charge in [0.15, 0.2) is 0 Å². The molecule has 1 aromatic carbocycles. The Balaban J connectivity index is 3.14. The molecule has 0 atom stereocenters. The highest BCUT2D eigenvalue weighted by molar-refractivity contribution is 7.78. The fraction of sp³-hybridized carbons (Fsp3) is 0.429. The van der Waals surface area contributed by atoms with Gasteiger partial charge in [-0.3, -0.25) is 0 Å². The molecule has 0 unspecified atom stereocenters. The van der Waals surface area contributed by atoms with Crippen molar-refractivity contribution in [3.63, 3.8) is 0 Å². The fourth-order valence-corrected chi connectivity index (χ4v) is 2.10. The second-order valence-electron chi connectivity index (χ2n) is 5.10. The van der Waals surface area contributed by atoms with Crippen LogP contribution in [0, 0.1) is 0 Å². The molecule has 1 rings (SSSR count). The van der Waals surface area contributed by atoms with E-state index in [4.69, 9.17) is 0 Å². The van der Waals surface area contributed by atoms with Gasteiger partial charge < -0.3 is 0 Å². The predicted octanol–water partition coefficient (Wildman–Crippen LogP) is 4.36. The van der Waals surface area contributed by atoms with Crippen LogP contribution in [0.2, 0.25) is 0 Å². The molecule has 0 saturated carbocycles. The Kier molecular flexibility index (Phi) is 4.66. The van der Waals surface area contributed by atoms with Crippen LogP contribution in [0.4, 0.5) is 0 Å². The van der Waals surface area contributed by atoms with E-state index in [1.165, 1.54) is 0 Å². The molecule has 0 aliphatic carbocycles. The number of isothiocyanates is 2. The van der Waals surface area contributed by atoms with Crippen LogP contribution in [-0.2, 0) is 11.1 Å². The van der Waals surface area contributed by atoms with Crippen LogP contribution in [0.1, 0.15) is 38.8 Å². The maximum Gasteiger partial charge on any atom is 0.0903 e. The summed E-state index contributed by atoms with van der Waals surface area (Å²) in [5.74, 6) is 0. The molecule has 0 aliphatic rings. The lowest BCUT2D eigenvalue weighted by atomic mass is 9.89. The summed E-state index contributed by atoms with van der Waals surface area (Å²) in [7, 11) is 0. The van der Waals surface area contributed by atoms with Crippen molar-refractivity contribution >= 4 is 34.8 Å². The first-order valence-electron chi connectivity index (χ1n) is 5.62. The van der Waals surface area contributed by atoms with E-state index < -0.39 is 0 Å². The zero-order chi connectivity index (χ0) is 13.8. The molecule has 0 amide bonds. The van der Waals surface area contributed by atoms with E-state index in [-0.39, 0.29) is 11.1 Å². The standard InChI is InChI=1S/C14H16N2S2/c1-13(2,15-9-17)11-5-7-12(8-6-11)14(3,4)16-10-18/h5-8H,1-4H3. The lowest BCUT2D eigenvalue weighted by Gasteiger charge is -2.22. The molecule has 0 aliphatic heterocycles. The van der Waals surface area contributed by atoms with Crippen LogP contribution in [0.3, 0.4) is 0 Å². The number of nitrogens with zero attached hydrogens (tertiary/aromatic N) is 2. The van der Waals surface area contributed by atoms with E-state index in [0.29, 0.717) is 0 Å². The molecule has 0 spiro atoms. The number of thiocarbonyl (C=S) groups is 2. The van der Waals surface area contributed by atoms with E-state index in [1.54, 1.807) is 0 Å². The Morgan fingerprint density at radius 1 is 0.778 bits per heavy atom. The molecule has 0 radical (unpaired) electrons. The third-order valence-corrected chi connectivity index (χ3v) is 3.13. The monoisotopic (exact) mass is 276 g/mol. The lowest BCUT2D eigenvalue weighted by Crippen LogP contribution is -2.16. The smallest absolute Gasteiger partial charge is 0.0903 e. The third kappa shape index (κ3) is 3.41. The molecule has 0 heterocycles. The van der Waals surface area contributed by atoms with Crippen LogP contribution < -0.4 is 0 Å². The van der Waals surface area contributed by atoms with Crippen molar-refractivity contribution in [1.82, 2.24) is 0 Å². The zero-order valence-corrected chi connectivity index (χ0v) is 12.7. The SMILES string of the molecule is CC(C)(N=C=S)c1ccc(C(C)(C)N=C=S)cc1. The van der Waals surface area contributed by atoms with Gasteiger partial charge in [-0.2, -0.15) is 0 Å². The highest BCUT2D eigenvalue weighted by Gasteiger charge is 2.22. The quantitative estimate of drug-likeness (QED) is 0.603. The molecule has 0 bridgehead atoms. The van der Waals surface area contributed by atoms with E-state index in [1.807, 2.05) is 52.0 Å². The average molecular weight is 276 g/mol. The van der Waals surface area contributed by atoms with Crippen molar-refractivity contribution < 1.29 is 0 Å². The van der Waals surface area contributed by atoms with Gasteiger partial charge in [0.05, 0.1) is 21.4 Å². The maximum atomic E-state index is 4.67. The van der Waals surface area contributed by atoms with Gasteiger partial charge in [0.25, 0.3) is 0 Å². The van der Waals surface area contributed by atoms with Crippen molar-refractivity contribution in [3.8, 4) is 0 Å². The van der Waals surface area contributed by atoms with Crippen molar-refractivity contribution in [3.05, 3.63) is 35.4 Å². The Morgan fingerprint density at radius 2 is 1.06 bits per heavy atom. The number of hydrogen-bond acceptors (Lipinski definition) is 4. The minimum absolute atomic E-state index is 0.349. The number of aliphatic imine (C=N–C) groups is 2. The van der Waals surface area contributed by atoms with Crippen LogP contribution >= 0.6 is 24.4 Å². The molecule has 4 heteroatoms. The highest BCUT2D eigenvalue weighted by atomic mass is 32.1. The lowest BCUT2D eigenvalue weighted by molar-refractivity contribution is 0.550. The molecule has 1 aromatic rings. The first-order valence-corrected chi connectivity index (χ1v) is 6.44. The van der Waals surface area contributed by atoms with E-state index >= 15 is 0 Å². The molecular formula is C14H16N2S2. The largest absolute Gasteiger partial charge is 0.222 e. The second kappa shape index (κ2) is 5.64. The Labute approximate surface area is 119 Å². The van der Waals surface area contributed by atoms with Crippen LogP contribution in [0.25, 0.3) is 0 Å². The molecule has 2 nitrogen and oxygen atoms in total. The summed E-state index contributed by atoms with van der Waals surface area (Å²) in [4.78, 5) is 8.33. The third-order valence-electron chi connectivity index (χ3n) is 2.95. The molecule has 0 N–H and O–H groups in total. The maximum absolute atomic E-state index is 4.67. The van der Waals surface area contributed by atoms with Crippen molar-refractivity contribution in [2.75, 3.05) is 0 Å². The Bertz CT molecular complexity index is 468. The average Bonchev–Trinajstić information content (AvgIpc) is 2.29. The first kappa shape index (κ1) is 14.9. The summed E-state index contributed by atoms with van der Waals surface area (Å²) in [6, 6.07) is 8.14. The summed E-state index contributed by atoms with van der Waals surface area (Å²) in [6.45, 7) is 8.01.